The van der Waals surface area contributed by atoms with Gasteiger partial charge in [-0.3, -0.25) is 4.79 Å². The molecule has 1 fully saturated rings. The summed E-state index contributed by atoms with van der Waals surface area (Å²) in [6.07, 6.45) is 3.15. The van der Waals surface area contributed by atoms with E-state index in [9.17, 15) is 13.2 Å². The van der Waals surface area contributed by atoms with Gasteiger partial charge < -0.3 is 10.1 Å². The maximum absolute atomic E-state index is 12.9. The lowest BCUT2D eigenvalue weighted by Gasteiger charge is -2.29. The zero-order chi connectivity index (χ0) is 22.6. The van der Waals surface area contributed by atoms with Gasteiger partial charge in [-0.1, -0.05) is 6.92 Å². The number of sulfonamides is 1. The van der Waals surface area contributed by atoms with Crippen molar-refractivity contribution >= 4 is 21.6 Å². The zero-order valence-electron chi connectivity index (χ0n) is 18.4. The van der Waals surface area contributed by atoms with Gasteiger partial charge in [-0.15, -0.1) is 0 Å². The average molecular weight is 447 g/mol. The van der Waals surface area contributed by atoms with Gasteiger partial charge in [0.1, 0.15) is 6.10 Å². The van der Waals surface area contributed by atoms with Crippen LogP contribution in [0.3, 0.4) is 0 Å². The molecule has 0 aliphatic heterocycles. The highest BCUT2D eigenvalue weighted by molar-refractivity contribution is 7.89. The molecule has 168 valence electrons. The standard InChI is InChI=1S/C22H30N4O4S/c1-5-21(27)25-18-8-11-20(14(2)12-18)31(28,29)26-17-6-9-19(10-7-17)30-22-23-15(3)13-16(4)24-22/h8,11-13,17,19,26H,5-7,9-10H2,1-4H3,(H,25,27). The summed E-state index contributed by atoms with van der Waals surface area (Å²) in [4.78, 5) is 20.4. The molecule has 1 aliphatic carbocycles. The summed E-state index contributed by atoms with van der Waals surface area (Å²) >= 11 is 0. The van der Waals surface area contributed by atoms with Crippen LogP contribution in [-0.4, -0.2) is 36.4 Å². The molecule has 1 heterocycles. The SMILES string of the molecule is CCC(=O)Nc1ccc(S(=O)(=O)NC2CCC(Oc3nc(C)cc(C)n3)CC2)c(C)c1. The van der Waals surface area contributed by atoms with Gasteiger partial charge in [0.25, 0.3) is 0 Å². The number of hydrogen-bond acceptors (Lipinski definition) is 6. The Bertz CT molecular complexity index is 1030. The quantitative estimate of drug-likeness (QED) is 0.674. The maximum atomic E-state index is 12.9. The molecule has 1 aliphatic rings. The third-order valence-electron chi connectivity index (χ3n) is 5.30. The predicted molar refractivity (Wildman–Crippen MR) is 119 cm³/mol. The molecule has 1 amide bonds. The predicted octanol–water partition coefficient (Wildman–Crippen LogP) is 3.42. The van der Waals surface area contributed by atoms with Gasteiger partial charge in [-0.25, -0.2) is 23.1 Å². The van der Waals surface area contributed by atoms with E-state index >= 15 is 0 Å². The van der Waals surface area contributed by atoms with Crippen LogP contribution in [0.1, 0.15) is 56.0 Å². The van der Waals surface area contributed by atoms with Gasteiger partial charge in [0.05, 0.1) is 4.90 Å². The van der Waals surface area contributed by atoms with Crippen LogP contribution in [0.25, 0.3) is 0 Å². The molecule has 0 spiro atoms. The van der Waals surface area contributed by atoms with Crippen LogP contribution in [0.5, 0.6) is 6.01 Å². The van der Waals surface area contributed by atoms with Gasteiger partial charge >= 0.3 is 6.01 Å². The Morgan fingerprint density at radius 2 is 1.71 bits per heavy atom. The van der Waals surface area contributed by atoms with E-state index in [0.29, 0.717) is 36.5 Å². The van der Waals surface area contributed by atoms with Crippen molar-refractivity contribution in [1.82, 2.24) is 14.7 Å². The number of aryl methyl sites for hydroxylation is 3. The van der Waals surface area contributed by atoms with E-state index in [1.54, 1.807) is 26.0 Å². The first-order valence-electron chi connectivity index (χ1n) is 10.6. The fraction of sp³-hybridized carbons (Fsp3) is 0.500. The second-order valence-corrected chi connectivity index (χ2v) is 9.71. The molecule has 0 saturated heterocycles. The second-order valence-electron chi connectivity index (χ2n) is 8.03. The summed E-state index contributed by atoms with van der Waals surface area (Å²) in [5, 5.41) is 2.75. The summed E-state index contributed by atoms with van der Waals surface area (Å²) < 4.78 is 34.6. The minimum absolute atomic E-state index is 0.0230. The summed E-state index contributed by atoms with van der Waals surface area (Å²) in [5.41, 5.74) is 2.90. The molecule has 8 nitrogen and oxygen atoms in total. The number of rotatable bonds is 7. The topological polar surface area (TPSA) is 110 Å². The third-order valence-corrected chi connectivity index (χ3v) is 6.98. The number of aromatic nitrogens is 2. The number of nitrogens with zero attached hydrogens (tertiary/aromatic N) is 2. The number of carbonyl (C=O) groups is 1. The molecule has 0 radical (unpaired) electrons. The molecule has 1 aromatic heterocycles. The van der Waals surface area contributed by atoms with Crippen LogP contribution >= 0.6 is 0 Å². The van der Waals surface area contributed by atoms with Crippen LogP contribution in [0, 0.1) is 20.8 Å². The van der Waals surface area contributed by atoms with Crippen molar-refractivity contribution in [3.8, 4) is 6.01 Å². The highest BCUT2D eigenvalue weighted by Crippen LogP contribution is 2.25. The number of benzene rings is 1. The Labute approximate surface area is 183 Å². The smallest absolute Gasteiger partial charge is 0.317 e. The minimum atomic E-state index is -3.66. The first-order chi connectivity index (χ1) is 14.7. The van der Waals surface area contributed by atoms with Crippen molar-refractivity contribution in [2.75, 3.05) is 5.32 Å². The van der Waals surface area contributed by atoms with Gasteiger partial charge in [-0.05, 0) is 76.3 Å². The molecule has 0 bridgehead atoms. The Kier molecular flexibility index (Phi) is 7.27. The third kappa shape index (κ3) is 6.24. The molecule has 0 unspecified atom stereocenters. The number of nitrogens with one attached hydrogen (secondary N) is 2. The molecule has 1 saturated carbocycles. The zero-order valence-corrected chi connectivity index (χ0v) is 19.3. The Morgan fingerprint density at radius 1 is 1.06 bits per heavy atom. The molecular formula is C22H30N4O4S. The van der Waals surface area contributed by atoms with Crippen LogP contribution in [-0.2, 0) is 14.8 Å². The van der Waals surface area contributed by atoms with Crippen LogP contribution in [0.2, 0.25) is 0 Å². The van der Waals surface area contributed by atoms with E-state index in [4.69, 9.17) is 4.74 Å². The second kappa shape index (κ2) is 9.74. The van der Waals surface area contributed by atoms with Crippen LogP contribution in [0.4, 0.5) is 5.69 Å². The molecule has 3 rings (SSSR count). The van der Waals surface area contributed by atoms with Crippen molar-refractivity contribution in [3.63, 3.8) is 0 Å². The van der Waals surface area contributed by atoms with Gasteiger partial charge in [0.15, 0.2) is 0 Å². The van der Waals surface area contributed by atoms with E-state index in [-0.39, 0.29) is 22.9 Å². The lowest BCUT2D eigenvalue weighted by Crippen LogP contribution is -2.40. The molecule has 9 heteroatoms. The van der Waals surface area contributed by atoms with Gasteiger partial charge in [0.2, 0.25) is 15.9 Å². The lowest BCUT2D eigenvalue weighted by molar-refractivity contribution is -0.115. The fourth-order valence-corrected chi connectivity index (χ4v) is 5.29. The van der Waals surface area contributed by atoms with E-state index in [0.717, 1.165) is 24.2 Å². The maximum Gasteiger partial charge on any atom is 0.317 e. The highest BCUT2D eigenvalue weighted by atomic mass is 32.2. The summed E-state index contributed by atoms with van der Waals surface area (Å²) in [6.45, 7) is 7.29. The largest absolute Gasteiger partial charge is 0.460 e. The summed E-state index contributed by atoms with van der Waals surface area (Å²) in [7, 11) is -3.66. The highest BCUT2D eigenvalue weighted by Gasteiger charge is 2.28. The molecule has 1 aromatic carbocycles. The van der Waals surface area contributed by atoms with Crippen LogP contribution in [0.15, 0.2) is 29.2 Å². The minimum Gasteiger partial charge on any atom is -0.460 e. The summed E-state index contributed by atoms with van der Waals surface area (Å²) in [6, 6.07) is 6.96. The van der Waals surface area contributed by atoms with Gasteiger partial charge in [-0.2, -0.15) is 0 Å². The summed E-state index contributed by atoms with van der Waals surface area (Å²) in [5.74, 6) is -0.113. The number of anilines is 1. The van der Waals surface area contributed by atoms with E-state index in [1.165, 1.54) is 6.07 Å². The number of hydrogen-bond donors (Lipinski definition) is 2. The van der Waals surface area contributed by atoms with Crippen molar-refractivity contribution < 1.29 is 17.9 Å². The molecular weight excluding hydrogens is 416 g/mol. The molecule has 2 aromatic rings. The van der Waals surface area contributed by atoms with Crippen molar-refractivity contribution in [3.05, 3.63) is 41.2 Å². The number of carbonyl (C=O) groups excluding carboxylic acids is 1. The normalized spacial score (nSPS) is 19.1. The molecule has 31 heavy (non-hydrogen) atoms. The van der Waals surface area contributed by atoms with Crippen molar-refractivity contribution in [2.45, 2.75) is 76.8 Å². The first-order valence-corrected chi connectivity index (χ1v) is 12.1. The average Bonchev–Trinajstić information content (AvgIpc) is 2.68. The van der Waals surface area contributed by atoms with E-state index in [2.05, 4.69) is 20.0 Å². The van der Waals surface area contributed by atoms with E-state index in [1.807, 2.05) is 19.9 Å². The van der Waals surface area contributed by atoms with Crippen LogP contribution < -0.4 is 14.8 Å². The van der Waals surface area contributed by atoms with Crippen molar-refractivity contribution in [2.24, 2.45) is 0 Å². The van der Waals surface area contributed by atoms with Gasteiger partial charge in [0, 0.05) is 29.5 Å². The Balaban J connectivity index is 1.58. The first kappa shape index (κ1) is 23.1. The number of ether oxygens (including phenoxy) is 1. The Morgan fingerprint density at radius 3 is 2.29 bits per heavy atom. The Hall–Kier alpha value is -2.52. The van der Waals surface area contributed by atoms with E-state index < -0.39 is 10.0 Å². The van der Waals surface area contributed by atoms with Crippen molar-refractivity contribution in [1.29, 1.82) is 0 Å². The molecule has 2 N–H and O–H groups in total. The lowest BCUT2D eigenvalue weighted by atomic mass is 9.94. The monoisotopic (exact) mass is 446 g/mol. The fourth-order valence-electron chi connectivity index (χ4n) is 3.75. The number of amides is 1. The molecule has 0 atom stereocenters.